The van der Waals surface area contributed by atoms with Crippen LogP contribution in [0.3, 0.4) is 0 Å². The summed E-state index contributed by atoms with van der Waals surface area (Å²) >= 11 is 0. The van der Waals surface area contributed by atoms with Gasteiger partial charge < -0.3 is 0 Å². The SMILES string of the molecule is c1ccc(-c2ccc(-c3cc(-c4ccccc4)cc(-c4ccc(-c5nc(-c6ccncc6)nc(-c6ccncc6)n5)cc4)c3)cc2)cc1. The Bertz CT molecular complexity index is 2230. The minimum Gasteiger partial charge on any atom is -0.265 e. The van der Waals surface area contributed by atoms with Crippen LogP contribution in [0, 0.1) is 0 Å². The van der Waals surface area contributed by atoms with Crippen molar-refractivity contribution in [3.05, 3.63) is 176 Å². The van der Waals surface area contributed by atoms with E-state index in [-0.39, 0.29) is 0 Å². The van der Waals surface area contributed by atoms with Crippen LogP contribution < -0.4 is 0 Å². The van der Waals surface area contributed by atoms with Crippen LogP contribution in [0.5, 0.6) is 0 Å². The van der Waals surface area contributed by atoms with Gasteiger partial charge >= 0.3 is 0 Å². The van der Waals surface area contributed by atoms with Gasteiger partial charge in [0.15, 0.2) is 17.5 Å². The highest BCUT2D eigenvalue weighted by molar-refractivity contribution is 5.82. The van der Waals surface area contributed by atoms with Gasteiger partial charge in [0.05, 0.1) is 0 Å². The summed E-state index contributed by atoms with van der Waals surface area (Å²) in [5, 5.41) is 0. The lowest BCUT2D eigenvalue weighted by Crippen LogP contribution is -2.00. The molecule has 0 aliphatic carbocycles. The van der Waals surface area contributed by atoms with Crippen LogP contribution in [-0.2, 0) is 0 Å². The van der Waals surface area contributed by atoms with Gasteiger partial charge in [0.2, 0.25) is 0 Å². The third-order valence-corrected chi connectivity index (χ3v) is 8.35. The van der Waals surface area contributed by atoms with E-state index in [2.05, 4.69) is 131 Å². The van der Waals surface area contributed by atoms with Crippen molar-refractivity contribution in [2.75, 3.05) is 0 Å². The highest BCUT2D eigenvalue weighted by Gasteiger charge is 2.13. The van der Waals surface area contributed by atoms with Crippen LogP contribution in [0.2, 0.25) is 0 Å². The molecule has 8 rings (SSSR count). The summed E-state index contributed by atoms with van der Waals surface area (Å²) in [6, 6.07) is 52.7. The Morgan fingerprint density at radius 3 is 0.875 bits per heavy atom. The first-order valence-corrected chi connectivity index (χ1v) is 15.8. The van der Waals surface area contributed by atoms with E-state index < -0.39 is 0 Å². The van der Waals surface area contributed by atoms with Crippen molar-refractivity contribution in [2.24, 2.45) is 0 Å². The topological polar surface area (TPSA) is 64.5 Å². The Labute approximate surface area is 279 Å². The average molecular weight is 616 g/mol. The van der Waals surface area contributed by atoms with Crippen molar-refractivity contribution in [3.63, 3.8) is 0 Å². The van der Waals surface area contributed by atoms with Gasteiger partial charge in [0.25, 0.3) is 0 Å². The lowest BCUT2D eigenvalue weighted by Gasteiger charge is -2.13. The Balaban J connectivity index is 1.18. The van der Waals surface area contributed by atoms with E-state index in [9.17, 15) is 0 Å². The fourth-order valence-corrected chi connectivity index (χ4v) is 5.82. The summed E-state index contributed by atoms with van der Waals surface area (Å²) in [6.07, 6.45) is 6.98. The Morgan fingerprint density at radius 2 is 0.500 bits per heavy atom. The molecule has 0 unspecified atom stereocenters. The first-order chi connectivity index (χ1) is 23.8. The maximum Gasteiger partial charge on any atom is 0.164 e. The number of rotatable bonds is 7. The molecular weight excluding hydrogens is 587 g/mol. The molecule has 226 valence electrons. The quantitative estimate of drug-likeness (QED) is 0.178. The molecular formula is C43H29N5. The summed E-state index contributed by atoms with van der Waals surface area (Å²) in [7, 11) is 0. The number of benzene rings is 5. The summed E-state index contributed by atoms with van der Waals surface area (Å²) in [5.41, 5.74) is 12.0. The van der Waals surface area contributed by atoms with E-state index >= 15 is 0 Å². The molecule has 0 bridgehead atoms. The number of hydrogen-bond acceptors (Lipinski definition) is 5. The van der Waals surface area contributed by atoms with Crippen molar-refractivity contribution < 1.29 is 0 Å². The molecule has 5 aromatic carbocycles. The third kappa shape index (κ3) is 6.13. The molecule has 5 heteroatoms. The second-order valence-corrected chi connectivity index (χ2v) is 11.5. The van der Waals surface area contributed by atoms with Crippen molar-refractivity contribution in [1.29, 1.82) is 0 Å². The van der Waals surface area contributed by atoms with Gasteiger partial charge in [-0.1, -0.05) is 109 Å². The van der Waals surface area contributed by atoms with Gasteiger partial charge in [-0.2, -0.15) is 0 Å². The van der Waals surface area contributed by atoms with Gasteiger partial charge in [0.1, 0.15) is 0 Å². The molecule has 3 heterocycles. The Morgan fingerprint density at radius 1 is 0.229 bits per heavy atom. The van der Waals surface area contributed by atoms with Crippen LogP contribution in [-0.4, -0.2) is 24.9 Å². The summed E-state index contributed by atoms with van der Waals surface area (Å²) in [5.74, 6) is 1.79. The fourth-order valence-electron chi connectivity index (χ4n) is 5.82. The largest absolute Gasteiger partial charge is 0.265 e. The van der Waals surface area contributed by atoms with Gasteiger partial charge in [-0.05, 0) is 87.0 Å². The van der Waals surface area contributed by atoms with E-state index in [1.54, 1.807) is 24.8 Å². The highest BCUT2D eigenvalue weighted by atomic mass is 15.0. The van der Waals surface area contributed by atoms with Crippen LogP contribution in [0.4, 0.5) is 0 Å². The molecule has 0 fully saturated rings. The van der Waals surface area contributed by atoms with Crippen molar-refractivity contribution in [3.8, 4) is 78.7 Å². The minimum atomic E-state index is 0.594. The molecule has 48 heavy (non-hydrogen) atoms. The molecule has 0 aliphatic heterocycles. The van der Waals surface area contributed by atoms with Crippen molar-refractivity contribution in [1.82, 2.24) is 24.9 Å². The molecule has 0 N–H and O–H groups in total. The predicted octanol–water partition coefficient (Wildman–Crippen LogP) is 10.3. The Kier molecular flexibility index (Phi) is 7.83. The summed E-state index contributed by atoms with van der Waals surface area (Å²) < 4.78 is 0. The highest BCUT2D eigenvalue weighted by Crippen LogP contribution is 2.35. The number of hydrogen-bond donors (Lipinski definition) is 0. The molecule has 0 aliphatic rings. The number of pyridine rings is 2. The molecule has 0 saturated heterocycles. The minimum absolute atomic E-state index is 0.594. The monoisotopic (exact) mass is 615 g/mol. The van der Waals surface area contributed by atoms with E-state index in [1.807, 2.05) is 30.3 Å². The molecule has 3 aromatic heterocycles. The van der Waals surface area contributed by atoms with E-state index in [0.717, 1.165) is 33.4 Å². The van der Waals surface area contributed by atoms with Crippen LogP contribution in [0.15, 0.2) is 176 Å². The lowest BCUT2D eigenvalue weighted by molar-refractivity contribution is 1.07. The third-order valence-electron chi connectivity index (χ3n) is 8.35. The normalized spacial score (nSPS) is 10.9. The zero-order chi connectivity index (χ0) is 32.1. The molecule has 0 radical (unpaired) electrons. The molecule has 5 nitrogen and oxygen atoms in total. The molecule has 8 aromatic rings. The van der Waals surface area contributed by atoms with E-state index in [0.29, 0.717) is 17.5 Å². The zero-order valence-electron chi connectivity index (χ0n) is 26.0. The van der Waals surface area contributed by atoms with Gasteiger partial charge in [-0.3, -0.25) is 9.97 Å². The van der Waals surface area contributed by atoms with Gasteiger partial charge in [0, 0.05) is 41.5 Å². The average Bonchev–Trinajstić information content (AvgIpc) is 3.19. The van der Waals surface area contributed by atoms with Crippen LogP contribution >= 0.6 is 0 Å². The number of aromatic nitrogens is 5. The second kappa shape index (κ2) is 13.0. The maximum absolute atomic E-state index is 4.87. The van der Waals surface area contributed by atoms with E-state index in [1.165, 1.54) is 27.8 Å². The lowest BCUT2D eigenvalue weighted by atomic mass is 9.92. The standard InChI is InChI=1S/C43H29N5/c1-3-7-30(8-4-1)32-11-13-33(14-12-32)39-27-38(31-9-5-2-6-10-31)28-40(29-39)34-15-17-35(18-16-34)41-46-42(36-19-23-44-24-20-36)48-43(47-41)37-21-25-45-26-22-37/h1-29H. The smallest absolute Gasteiger partial charge is 0.164 e. The van der Waals surface area contributed by atoms with Crippen molar-refractivity contribution >= 4 is 0 Å². The maximum atomic E-state index is 4.87. The first kappa shape index (κ1) is 28.9. The molecule has 0 amide bonds. The Hall–Kier alpha value is -6.59. The summed E-state index contributed by atoms with van der Waals surface area (Å²) in [6.45, 7) is 0. The zero-order valence-corrected chi connectivity index (χ0v) is 26.0. The number of nitrogens with zero attached hydrogens (tertiary/aromatic N) is 5. The summed E-state index contributed by atoms with van der Waals surface area (Å²) in [4.78, 5) is 22.8. The van der Waals surface area contributed by atoms with Crippen molar-refractivity contribution in [2.45, 2.75) is 0 Å². The molecule has 0 spiro atoms. The predicted molar refractivity (Wildman–Crippen MR) is 193 cm³/mol. The molecule has 0 saturated carbocycles. The first-order valence-electron chi connectivity index (χ1n) is 15.8. The van der Waals surface area contributed by atoms with Gasteiger partial charge in [-0.15, -0.1) is 0 Å². The fraction of sp³-hybridized carbons (Fsp3) is 0. The van der Waals surface area contributed by atoms with Crippen LogP contribution in [0.25, 0.3) is 78.7 Å². The second-order valence-electron chi connectivity index (χ2n) is 11.5. The van der Waals surface area contributed by atoms with Crippen LogP contribution in [0.1, 0.15) is 0 Å². The van der Waals surface area contributed by atoms with E-state index in [4.69, 9.17) is 15.0 Å². The van der Waals surface area contributed by atoms with Gasteiger partial charge in [-0.25, -0.2) is 15.0 Å². The molecule has 0 atom stereocenters.